The molecule has 2 fully saturated rings. The Morgan fingerprint density at radius 1 is 1.28 bits per heavy atom. The van der Waals surface area contributed by atoms with E-state index in [-0.39, 0.29) is 17.9 Å². The number of hydrogen-bond donors (Lipinski definition) is 2. The molecule has 1 saturated heterocycles. The number of imidazole rings is 1. The summed E-state index contributed by atoms with van der Waals surface area (Å²) in [4.78, 5) is 22.5. The number of benzene rings is 1. The van der Waals surface area contributed by atoms with Crippen molar-refractivity contribution in [2.24, 2.45) is 17.6 Å². The van der Waals surface area contributed by atoms with E-state index in [1.54, 1.807) is 6.20 Å². The predicted molar refractivity (Wildman–Crippen MR) is 96.9 cm³/mol. The topological polar surface area (TPSA) is 75.0 Å². The van der Waals surface area contributed by atoms with Gasteiger partial charge in [0.25, 0.3) is 0 Å². The summed E-state index contributed by atoms with van der Waals surface area (Å²) in [6.07, 6.45) is 7.85. The molecule has 2 aliphatic rings. The molecule has 0 spiro atoms. The molecule has 1 amide bonds. The van der Waals surface area contributed by atoms with E-state index in [1.807, 2.05) is 29.3 Å². The Morgan fingerprint density at radius 2 is 2.08 bits per heavy atom. The van der Waals surface area contributed by atoms with Crippen molar-refractivity contribution in [3.05, 3.63) is 54.1 Å². The molecule has 1 aromatic heterocycles. The zero-order valence-corrected chi connectivity index (χ0v) is 14.5. The van der Waals surface area contributed by atoms with Gasteiger partial charge in [-0.25, -0.2) is 4.98 Å². The molecule has 1 aromatic carbocycles. The summed E-state index contributed by atoms with van der Waals surface area (Å²) in [6.45, 7) is 1.51. The van der Waals surface area contributed by atoms with Gasteiger partial charge >= 0.3 is 0 Å². The van der Waals surface area contributed by atoms with Crippen molar-refractivity contribution in [1.82, 2.24) is 14.9 Å². The van der Waals surface area contributed by atoms with Crippen molar-refractivity contribution in [2.75, 3.05) is 13.1 Å². The molecule has 5 nitrogen and oxygen atoms in total. The summed E-state index contributed by atoms with van der Waals surface area (Å²) in [7, 11) is 0. The van der Waals surface area contributed by atoms with Gasteiger partial charge in [0.15, 0.2) is 0 Å². The van der Waals surface area contributed by atoms with Crippen molar-refractivity contribution in [3.8, 4) is 0 Å². The molecule has 2 heterocycles. The molecule has 3 atom stereocenters. The van der Waals surface area contributed by atoms with Crippen LogP contribution in [0.25, 0.3) is 0 Å². The van der Waals surface area contributed by atoms with Gasteiger partial charge in [0.05, 0.1) is 5.92 Å². The van der Waals surface area contributed by atoms with Gasteiger partial charge in [-0.1, -0.05) is 43.2 Å². The largest absolute Gasteiger partial charge is 0.348 e. The molecule has 5 heteroatoms. The third-order valence-electron chi connectivity index (χ3n) is 5.61. The fourth-order valence-electron chi connectivity index (χ4n) is 3.96. The van der Waals surface area contributed by atoms with Crippen LogP contribution in [0.1, 0.15) is 43.0 Å². The lowest BCUT2D eigenvalue weighted by Crippen LogP contribution is -2.33. The van der Waals surface area contributed by atoms with Crippen LogP contribution in [0, 0.1) is 11.8 Å². The Balaban J connectivity index is 1.45. The second-order valence-corrected chi connectivity index (χ2v) is 7.54. The van der Waals surface area contributed by atoms with E-state index in [0.29, 0.717) is 18.9 Å². The third-order valence-corrected chi connectivity index (χ3v) is 5.61. The monoisotopic (exact) mass is 338 g/mol. The van der Waals surface area contributed by atoms with Crippen molar-refractivity contribution in [1.29, 1.82) is 0 Å². The zero-order chi connectivity index (χ0) is 17.2. The van der Waals surface area contributed by atoms with E-state index in [1.165, 1.54) is 19.3 Å². The van der Waals surface area contributed by atoms with Gasteiger partial charge in [-0.05, 0) is 23.8 Å². The minimum Gasteiger partial charge on any atom is -0.348 e. The van der Waals surface area contributed by atoms with Crippen LogP contribution in [0.3, 0.4) is 0 Å². The highest BCUT2D eigenvalue weighted by Gasteiger charge is 2.37. The highest BCUT2D eigenvalue weighted by atomic mass is 16.2. The quantitative estimate of drug-likeness (QED) is 0.850. The number of nitrogens with zero attached hydrogens (tertiary/aromatic N) is 2. The Bertz CT molecular complexity index is 696. The number of carbonyl (C=O) groups is 1. The maximum Gasteiger partial charge on any atom is 0.223 e. The van der Waals surface area contributed by atoms with E-state index in [0.717, 1.165) is 23.9 Å². The van der Waals surface area contributed by atoms with Crippen molar-refractivity contribution in [2.45, 2.75) is 37.6 Å². The normalized spacial score (nSPS) is 24.4. The van der Waals surface area contributed by atoms with Gasteiger partial charge in [0.1, 0.15) is 5.82 Å². The zero-order valence-electron chi connectivity index (χ0n) is 14.5. The molecular formula is C20H26N4O. The van der Waals surface area contributed by atoms with E-state index in [2.05, 4.69) is 22.1 Å². The fraction of sp³-hybridized carbons (Fsp3) is 0.500. The van der Waals surface area contributed by atoms with E-state index < -0.39 is 0 Å². The first-order valence-electron chi connectivity index (χ1n) is 9.28. The summed E-state index contributed by atoms with van der Waals surface area (Å²) in [5.74, 6) is 2.31. The molecule has 1 unspecified atom stereocenters. The fourth-order valence-corrected chi connectivity index (χ4v) is 3.96. The molecule has 0 radical (unpaired) electrons. The predicted octanol–water partition coefficient (Wildman–Crippen LogP) is 2.52. The van der Waals surface area contributed by atoms with Gasteiger partial charge in [-0.2, -0.15) is 0 Å². The van der Waals surface area contributed by atoms with Crippen LogP contribution in [-0.2, 0) is 4.79 Å². The average molecular weight is 338 g/mol. The molecule has 25 heavy (non-hydrogen) atoms. The summed E-state index contributed by atoms with van der Waals surface area (Å²) in [6, 6.07) is 10.3. The first-order chi connectivity index (χ1) is 12.2. The smallest absolute Gasteiger partial charge is 0.223 e. The van der Waals surface area contributed by atoms with Crippen molar-refractivity contribution < 1.29 is 4.79 Å². The lowest BCUT2D eigenvalue weighted by atomic mass is 9.94. The van der Waals surface area contributed by atoms with Gasteiger partial charge < -0.3 is 15.6 Å². The van der Waals surface area contributed by atoms with Crippen LogP contribution in [0.15, 0.2) is 42.7 Å². The number of nitrogens with one attached hydrogen (secondary N) is 1. The lowest BCUT2D eigenvalue weighted by molar-refractivity contribution is -0.130. The molecular weight excluding hydrogens is 312 g/mol. The van der Waals surface area contributed by atoms with E-state index >= 15 is 0 Å². The van der Waals surface area contributed by atoms with Crippen molar-refractivity contribution in [3.63, 3.8) is 0 Å². The number of rotatable bonds is 6. The second-order valence-electron chi connectivity index (χ2n) is 7.54. The molecule has 2 aromatic rings. The van der Waals surface area contributed by atoms with Crippen LogP contribution >= 0.6 is 0 Å². The van der Waals surface area contributed by atoms with Crippen LogP contribution in [0.4, 0.5) is 0 Å². The summed E-state index contributed by atoms with van der Waals surface area (Å²) in [5.41, 5.74) is 7.42. The van der Waals surface area contributed by atoms with E-state index in [9.17, 15) is 4.79 Å². The number of aromatic nitrogens is 2. The van der Waals surface area contributed by atoms with Gasteiger partial charge in [-0.3, -0.25) is 4.79 Å². The van der Waals surface area contributed by atoms with E-state index in [4.69, 9.17) is 5.73 Å². The Morgan fingerprint density at radius 3 is 2.76 bits per heavy atom. The SMILES string of the molecule is N[C@@H]1CN(C(=O)CC(c2ccccc2)c2ncc[nH]2)C[C@H]1CC1CC1. The molecule has 0 bridgehead atoms. The van der Waals surface area contributed by atoms with Gasteiger partial charge in [0.2, 0.25) is 5.91 Å². The number of carbonyl (C=O) groups excluding carboxylic acids is 1. The summed E-state index contributed by atoms with van der Waals surface area (Å²) in [5, 5.41) is 0. The Labute approximate surface area is 148 Å². The molecule has 1 saturated carbocycles. The summed E-state index contributed by atoms with van der Waals surface area (Å²) < 4.78 is 0. The highest BCUT2D eigenvalue weighted by molar-refractivity contribution is 5.78. The highest BCUT2D eigenvalue weighted by Crippen LogP contribution is 2.38. The molecule has 4 rings (SSSR count). The molecule has 1 aliphatic heterocycles. The number of H-pyrrole nitrogens is 1. The first kappa shape index (κ1) is 16.3. The molecule has 3 N–H and O–H groups in total. The second kappa shape index (κ2) is 7.00. The Kier molecular flexibility index (Phi) is 4.57. The Hall–Kier alpha value is -2.14. The first-order valence-corrected chi connectivity index (χ1v) is 9.28. The number of likely N-dealkylation sites (tertiary alicyclic amines) is 1. The van der Waals surface area contributed by atoms with Crippen LogP contribution < -0.4 is 5.73 Å². The minimum absolute atomic E-state index is 0.0394. The van der Waals surface area contributed by atoms with Crippen LogP contribution in [0.2, 0.25) is 0 Å². The number of amides is 1. The van der Waals surface area contributed by atoms with Crippen molar-refractivity contribution >= 4 is 5.91 Å². The average Bonchev–Trinajstić information content (AvgIpc) is 3.13. The maximum absolute atomic E-state index is 12.9. The lowest BCUT2D eigenvalue weighted by Gasteiger charge is -2.21. The summed E-state index contributed by atoms with van der Waals surface area (Å²) >= 11 is 0. The number of nitrogens with two attached hydrogens (primary N) is 1. The number of aromatic amines is 1. The van der Waals surface area contributed by atoms with Gasteiger partial charge in [-0.15, -0.1) is 0 Å². The van der Waals surface area contributed by atoms with Crippen LogP contribution in [-0.4, -0.2) is 39.9 Å². The standard InChI is InChI=1S/C20H26N4O/c21-18-13-24(12-16(18)10-14-6-7-14)19(25)11-17(20-22-8-9-23-20)15-4-2-1-3-5-15/h1-5,8-9,14,16-18H,6-7,10-13,21H2,(H,22,23)/t16-,17?,18-/m1/s1. The van der Waals surface area contributed by atoms with Gasteiger partial charge in [0, 0.05) is 37.9 Å². The maximum atomic E-state index is 12.9. The molecule has 132 valence electrons. The molecule has 1 aliphatic carbocycles. The third kappa shape index (κ3) is 3.76. The number of hydrogen-bond acceptors (Lipinski definition) is 3. The van der Waals surface area contributed by atoms with Crippen LogP contribution in [0.5, 0.6) is 0 Å². The minimum atomic E-state index is -0.0394.